The molecule has 3 unspecified atom stereocenters. The maximum Gasteiger partial charge on any atom is 0.351 e. The van der Waals surface area contributed by atoms with E-state index in [-0.39, 0.29) is 13.0 Å². The topological polar surface area (TPSA) is 106 Å². The maximum absolute atomic E-state index is 12.2. The lowest BCUT2D eigenvalue weighted by Gasteiger charge is -2.16. The van der Waals surface area contributed by atoms with Crippen LogP contribution in [0.2, 0.25) is 0 Å². The summed E-state index contributed by atoms with van der Waals surface area (Å²) in [7, 11) is 0. The van der Waals surface area contributed by atoms with Gasteiger partial charge in [0.1, 0.15) is 23.9 Å². The summed E-state index contributed by atoms with van der Waals surface area (Å²) in [5.74, 6) is 1.35. The highest BCUT2D eigenvalue weighted by Gasteiger charge is 2.35. The van der Waals surface area contributed by atoms with Gasteiger partial charge in [0.25, 0.3) is 0 Å². The van der Waals surface area contributed by atoms with E-state index in [9.17, 15) is 9.90 Å². The molecule has 23 heavy (non-hydrogen) atoms. The number of nitrogens with zero attached hydrogens (tertiary/aromatic N) is 2. The van der Waals surface area contributed by atoms with Crippen LogP contribution in [0.15, 0.2) is 22.8 Å². The summed E-state index contributed by atoms with van der Waals surface area (Å²) in [6.07, 6.45) is 2.73. The normalized spacial score (nSPS) is 26.9. The van der Waals surface area contributed by atoms with Crippen molar-refractivity contribution in [2.45, 2.75) is 38.2 Å². The van der Waals surface area contributed by atoms with Crippen LogP contribution in [0, 0.1) is 6.92 Å². The lowest BCUT2D eigenvalue weighted by Crippen LogP contribution is -2.29. The molecule has 126 valence electrons. The highest BCUT2D eigenvalue weighted by molar-refractivity contribution is 5.42. The van der Waals surface area contributed by atoms with Gasteiger partial charge in [-0.1, -0.05) is 0 Å². The molecule has 2 aliphatic heterocycles. The van der Waals surface area contributed by atoms with Gasteiger partial charge in [-0.15, -0.1) is 0 Å². The number of nitrogens with one attached hydrogen (secondary N) is 1. The Morgan fingerprint density at radius 2 is 2.35 bits per heavy atom. The van der Waals surface area contributed by atoms with E-state index < -0.39 is 24.1 Å². The third-order valence-electron chi connectivity index (χ3n) is 4.04. The lowest BCUT2D eigenvalue weighted by atomic mass is 10.2. The fourth-order valence-electron chi connectivity index (χ4n) is 2.76. The molecule has 3 atom stereocenters. The van der Waals surface area contributed by atoms with E-state index in [2.05, 4.69) is 10.3 Å². The van der Waals surface area contributed by atoms with Gasteiger partial charge < -0.3 is 25.0 Å². The van der Waals surface area contributed by atoms with Crippen molar-refractivity contribution in [1.82, 2.24) is 9.55 Å². The van der Waals surface area contributed by atoms with Crippen molar-refractivity contribution in [2.24, 2.45) is 0 Å². The first-order valence-corrected chi connectivity index (χ1v) is 7.68. The predicted molar refractivity (Wildman–Crippen MR) is 82.0 cm³/mol. The number of hydrogen-bond acceptors (Lipinski definition) is 7. The molecule has 3 rings (SSSR count). The second kappa shape index (κ2) is 6.69. The summed E-state index contributed by atoms with van der Waals surface area (Å²) < 4.78 is 12.3. The van der Waals surface area contributed by atoms with Gasteiger partial charge in [-0.25, -0.2) is 4.79 Å². The summed E-state index contributed by atoms with van der Waals surface area (Å²) in [6, 6.07) is 0. The lowest BCUT2D eigenvalue weighted by molar-refractivity contribution is -0.0459. The monoisotopic (exact) mass is 323 g/mol. The van der Waals surface area contributed by atoms with Gasteiger partial charge >= 0.3 is 5.69 Å². The minimum absolute atomic E-state index is 0.250. The number of aliphatic hydroxyl groups is 2. The Morgan fingerprint density at radius 1 is 1.52 bits per heavy atom. The molecule has 8 nitrogen and oxygen atoms in total. The van der Waals surface area contributed by atoms with E-state index in [0.717, 1.165) is 17.7 Å². The number of rotatable bonds is 5. The van der Waals surface area contributed by atoms with Crippen molar-refractivity contribution >= 4 is 5.82 Å². The van der Waals surface area contributed by atoms with Gasteiger partial charge in [0.15, 0.2) is 0 Å². The average molecular weight is 323 g/mol. The maximum atomic E-state index is 12.2. The van der Waals surface area contributed by atoms with Crippen molar-refractivity contribution in [3.05, 3.63) is 34.1 Å². The molecular weight excluding hydrogens is 302 g/mol. The third kappa shape index (κ3) is 3.39. The van der Waals surface area contributed by atoms with Crippen LogP contribution in [0.25, 0.3) is 0 Å². The van der Waals surface area contributed by atoms with Crippen LogP contribution in [0.5, 0.6) is 0 Å². The molecule has 8 heteroatoms. The number of aromatic nitrogens is 2. The van der Waals surface area contributed by atoms with Crippen LogP contribution in [-0.2, 0) is 9.47 Å². The largest absolute Gasteiger partial charge is 0.496 e. The zero-order valence-electron chi connectivity index (χ0n) is 12.9. The second-order valence-corrected chi connectivity index (χ2v) is 5.74. The van der Waals surface area contributed by atoms with Crippen LogP contribution >= 0.6 is 0 Å². The van der Waals surface area contributed by atoms with E-state index in [1.54, 1.807) is 6.20 Å². The van der Waals surface area contributed by atoms with Crippen molar-refractivity contribution in [1.29, 1.82) is 0 Å². The average Bonchev–Trinajstić information content (AvgIpc) is 3.17. The minimum Gasteiger partial charge on any atom is -0.496 e. The minimum atomic E-state index is -0.790. The molecule has 0 amide bonds. The van der Waals surface area contributed by atoms with E-state index in [0.29, 0.717) is 19.0 Å². The van der Waals surface area contributed by atoms with Crippen molar-refractivity contribution in [3.8, 4) is 0 Å². The fraction of sp³-hybridized carbons (Fsp3) is 0.600. The molecule has 1 aromatic rings. The van der Waals surface area contributed by atoms with Crippen molar-refractivity contribution < 1.29 is 19.7 Å². The summed E-state index contributed by atoms with van der Waals surface area (Å²) in [4.78, 5) is 16.3. The molecule has 1 aromatic heterocycles. The third-order valence-corrected chi connectivity index (χ3v) is 4.04. The molecule has 0 bridgehead atoms. The van der Waals surface area contributed by atoms with Gasteiger partial charge in [0.05, 0.1) is 25.9 Å². The zero-order valence-corrected chi connectivity index (χ0v) is 12.9. The van der Waals surface area contributed by atoms with Gasteiger partial charge in [0, 0.05) is 24.6 Å². The molecule has 0 aliphatic carbocycles. The summed E-state index contributed by atoms with van der Waals surface area (Å²) >= 11 is 0. The van der Waals surface area contributed by atoms with E-state index in [4.69, 9.17) is 14.6 Å². The Morgan fingerprint density at radius 3 is 3.00 bits per heavy atom. The smallest absolute Gasteiger partial charge is 0.351 e. The van der Waals surface area contributed by atoms with Gasteiger partial charge in [0.2, 0.25) is 0 Å². The molecule has 1 fully saturated rings. The van der Waals surface area contributed by atoms with Crippen LogP contribution in [0.1, 0.15) is 24.6 Å². The Labute approximate surface area is 133 Å². The van der Waals surface area contributed by atoms with Crippen LogP contribution < -0.4 is 11.0 Å². The molecule has 0 saturated carbocycles. The highest BCUT2D eigenvalue weighted by atomic mass is 16.5. The van der Waals surface area contributed by atoms with Crippen molar-refractivity contribution in [3.63, 3.8) is 0 Å². The predicted octanol–water partition coefficient (Wildman–Crippen LogP) is -0.0915. The fourth-order valence-corrected chi connectivity index (χ4v) is 2.76. The van der Waals surface area contributed by atoms with Crippen molar-refractivity contribution in [2.75, 3.05) is 25.1 Å². The Kier molecular flexibility index (Phi) is 4.65. The molecule has 1 saturated heterocycles. The van der Waals surface area contributed by atoms with Gasteiger partial charge in [-0.05, 0) is 13.0 Å². The van der Waals surface area contributed by atoms with E-state index in [1.807, 2.05) is 13.0 Å². The van der Waals surface area contributed by atoms with Crippen LogP contribution in [-0.4, -0.2) is 51.7 Å². The Hall–Kier alpha value is -1.90. The molecule has 0 aromatic carbocycles. The quantitative estimate of drug-likeness (QED) is 0.695. The SMILES string of the molecule is Cc1cn(C2CC(O)C(CO)O2)c(=O)nc1NCC1=CCCO1. The molecular formula is C15H21N3O5. The van der Waals surface area contributed by atoms with Gasteiger partial charge in [-0.3, -0.25) is 4.57 Å². The second-order valence-electron chi connectivity index (χ2n) is 5.74. The molecule has 3 N–H and O–H groups in total. The zero-order chi connectivity index (χ0) is 16.4. The Bertz CT molecular complexity index is 657. The van der Waals surface area contributed by atoms with Crippen LogP contribution in [0.3, 0.4) is 0 Å². The number of aliphatic hydroxyl groups excluding tert-OH is 2. The number of anilines is 1. The van der Waals surface area contributed by atoms with Crippen LogP contribution in [0.4, 0.5) is 5.82 Å². The summed E-state index contributed by atoms with van der Waals surface area (Å²) in [6.45, 7) is 2.73. The van der Waals surface area contributed by atoms with Gasteiger partial charge in [-0.2, -0.15) is 4.98 Å². The first kappa shape index (κ1) is 16.0. The number of hydrogen-bond donors (Lipinski definition) is 3. The molecule has 2 aliphatic rings. The highest BCUT2D eigenvalue weighted by Crippen LogP contribution is 2.27. The summed E-state index contributed by atoms with van der Waals surface area (Å²) in [5.41, 5.74) is 0.323. The van der Waals surface area contributed by atoms with E-state index in [1.165, 1.54) is 4.57 Å². The molecule has 0 spiro atoms. The number of ether oxygens (including phenoxy) is 2. The summed E-state index contributed by atoms with van der Waals surface area (Å²) in [5, 5.41) is 22.0. The van der Waals surface area contributed by atoms with E-state index >= 15 is 0 Å². The Balaban J connectivity index is 1.74. The standard InChI is InChI=1S/C15H21N3O5/c1-9-7-18(13-5-11(20)12(8-19)23-13)15(21)17-14(9)16-6-10-3-2-4-22-10/h3,7,11-13,19-20H,2,4-6,8H2,1H3,(H,16,17,21). The number of aryl methyl sites for hydroxylation is 1. The molecule has 0 radical (unpaired) electrons. The molecule has 3 heterocycles. The first-order chi connectivity index (χ1) is 11.1. The first-order valence-electron chi connectivity index (χ1n) is 7.68.